The number of anilines is 6. The Labute approximate surface area is 409 Å². The number of hydrogen-bond acceptors (Lipinski definition) is 2. The van der Waals surface area contributed by atoms with Crippen molar-refractivity contribution in [1.82, 2.24) is 0 Å². The van der Waals surface area contributed by atoms with Crippen molar-refractivity contribution in [2.24, 2.45) is 0 Å². The van der Waals surface area contributed by atoms with Crippen molar-refractivity contribution in [3.8, 4) is 33.4 Å². The summed E-state index contributed by atoms with van der Waals surface area (Å²) in [6, 6.07) is 103. The molecule has 0 aliphatic heterocycles. The lowest BCUT2D eigenvalue weighted by atomic mass is 9.68. The number of rotatable bonds is 8. The van der Waals surface area contributed by atoms with Gasteiger partial charge in [-0.15, -0.1) is 0 Å². The Morgan fingerprint density at radius 1 is 0.186 bits per heavy atom. The highest BCUT2D eigenvalue weighted by Gasteiger charge is 2.52. The summed E-state index contributed by atoms with van der Waals surface area (Å²) in [5.74, 6) is 0. The van der Waals surface area contributed by atoms with Gasteiger partial charge >= 0.3 is 0 Å². The molecule has 2 nitrogen and oxygen atoms in total. The minimum atomic E-state index is -0.576. The molecule has 0 bridgehead atoms. The van der Waals surface area contributed by atoms with Crippen molar-refractivity contribution in [3.63, 3.8) is 0 Å². The van der Waals surface area contributed by atoms with Gasteiger partial charge in [-0.3, -0.25) is 0 Å². The zero-order valence-corrected chi connectivity index (χ0v) is 38.5. The Bertz CT molecular complexity index is 3680. The maximum absolute atomic E-state index is 2.51. The van der Waals surface area contributed by atoms with Crippen molar-refractivity contribution >= 4 is 34.1 Å². The monoisotopic (exact) mass is 890 g/mol. The van der Waals surface area contributed by atoms with Gasteiger partial charge in [-0.05, 0) is 151 Å². The molecule has 0 saturated carbocycles. The first-order chi connectivity index (χ1) is 34.7. The summed E-state index contributed by atoms with van der Waals surface area (Å²) >= 11 is 0. The zero-order chi connectivity index (χ0) is 46.2. The quantitative estimate of drug-likeness (QED) is 0.150. The van der Waals surface area contributed by atoms with Gasteiger partial charge in [0.1, 0.15) is 0 Å². The van der Waals surface area contributed by atoms with Crippen molar-refractivity contribution in [2.45, 2.75) is 10.8 Å². The molecule has 0 heterocycles. The van der Waals surface area contributed by atoms with E-state index in [9.17, 15) is 0 Å². The summed E-state index contributed by atoms with van der Waals surface area (Å²) in [6.07, 6.45) is 0. The number of hydrogen-bond donors (Lipinski definition) is 0. The van der Waals surface area contributed by atoms with E-state index in [0.29, 0.717) is 0 Å². The average molecular weight is 891 g/mol. The van der Waals surface area contributed by atoms with E-state index in [1.54, 1.807) is 0 Å². The Morgan fingerprint density at radius 3 is 0.929 bits per heavy atom. The number of nitrogens with zero attached hydrogens (tertiary/aromatic N) is 2. The molecule has 0 aromatic heterocycles. The molecule has 1 unspecified atom stereocenters. The Morgan fingerprint density at radius 2 is 0.486 bits per heavy atom. The summed E-state index contributed by atoms with van der Waals surface area (Å²) in [7, 11) is 0. The number of benzene rings is 11. The van der Waals surface area contributed by atoms with Crippen molar-refractivity contribution in [1.29, 1.82) is 0 Å². The summed E-state index contributed by atoms with van der Waals surface area (Å²) in [5, 5.41) is 0. The molecule has 2 heteroatoms. The van der Waals surface area contributed by atoms with E-state index in [2.05, 4.69) is 289 Å². The molecule has 11 aromatic rings. The van der Waals surface area contributed by atoms with E-state index in [1.807, 2.05) is 0 Å². The van der Waals surface area contributed by atoms with Gasteiger partial charge in [0.2, 0.25) is 0 Å². The molecule has 14 rings (SSSR count). The van der Waals surface area contributed by atoms with E-state index >= 15 is 0 Å². The van der Waals surface area contributed by atoms with Gasteiger partial charge in [-0.25, -0.2) is 0 Å². The van der Waals surface area contributed by atoms with Gasteiger partial charge in [0, 0.05) is 34.1 Å². The molecule has 3 aliphatic carbocycles. The second-order valence-corrected chi connectivity index (χ2v) is 18.7. The van der Waals surface area contributed by atoms with Crippen molar-refractivity contribution in [3.05, 3.63) is 324 Å². The SMILES string of the molecule is c1ccc(N(c2ccccc2)c2ccc3c(c2)C2(c4ccccc4-3)c3ccccc3-c3ccc(N(c4ccccc4)c4ccc5c(c4)-c4ccccc4C5(c4ccccc4)c4ccccc4)cc32)cc1. The van der Waals surface area contributed by atoms with Crippen LogP contribution in [0.25, 0.3) is 33.4 Å². The molecule has 0 N–H and O–H groups in total. The molecule has 0 saturated heterocycles. The van der Waals surface area contributed by atoms with Crippen LogP contribution in [0.5, 0.6) is 0 Å². The summed E-state index contributed by atoms with van der Waals surface area (Å²) in [4.78, 5) is 4.86. The van der Waals surface area contributed by atoms with Crippen LogP contribution in [0, 0.1) is 0 Å². The second-order valence-electron chi connectivity index (χ2n) is 18.7. The van der Waals surface area contributed by atoms with Crippen LogP contribution in [-0.2, 0) is 10.8 Å². The van der Waals surface area contributed by atoms with Crippen LogP contribution in [0.3, 0.4) is 0 Å². The Balaban J connectivity index is 1.000. The first kappa shape index (κ1) is 40.1. The molecule has 0 radical (unpaired) electrons. The van der Waals surface area contributed by atoms with Gasteiger partial charge in [0.25, 0.3) is 0 Å². The normalized spacial score (nSPS) is 15.0. The average Bonchev–Trinajstić information content (AvgIpc) is 4.02. The molecular formula is C68H46N2. The molecule has 70 heavy (non-hydrogen) atoms. The highest BCUT2D eigenvalue weighted by Crippen LogP contribution is 2.64. The van der Waals surface area contributed by atoms with Crippen LogP contribution in [0.15, 0.2) is 279 Å². The predicted molar refractivity (Wildman–Crippen MR) is 289 cm³/mol. The van der Waals surface area contributed by atoms with E-state index in [4.69, 9.17) is 0 Å². The van der Waals surface area contributed by atoms with E-state index < -0.39 is 10.8 Å². The first-order valence-corrected chi connectivity index (χ1v) is 24.3. The predicted octanol–water partition coefficient (Wildman–Crippen LogP) is 17.3. The largest absolute Gasteiger partial charge is 0.310 e. The van der Waals surface area contributed by atoms with E-state index in [-0.39, 0.29) is 0 Å². The smallest absolute Gasteiger partial charge is 0.0727 e. The maximum Gasteiger partial charge on any atom is 0.0727 e. The third-order valence-corrected chi connectivity index (χ3v) is 15.3. The van der Waals surface area contributed by atoms with Gasteiger partial charge in [-0.1, -0.05) is 206 Å². The van der Waals surface area contributed by atoms with Gasteiger partial charge in [0.05, 0.1) is 10.8 Å². The van der Waals surface area contributed by atoms with Gasteiger partial charge in [0.15, 0.2) is 0 Å². The van der Waals surface area contributed by atoms with Crippen molar-refractivity contribution in [2.75, 3.05) is 9.80 Å². The molecular weight excluding hydrogens is 845 g/mol. The lowest BCUT2D eigenvalue weighted by molar-refractivity contribution is 0.768. The van der Waals surface area contributed by atoms with Gasteiger partial charge in [-0.2, -0.15) is 0 Å². The van der Waals surface area contributed by atoms with E-state index in [0.717, 1.165) is 34.1 Å². The molecule has 11 aromatic carbocycles. The van der Waals surface area contributed by atoms with Crippen LogP contribution in [-0.4, -0.2) is 0 Å². The molecule has 0 fully saturated rings. The van der Waals surface area contributed by atoms with Crippen LogP contribution < -0.4 is 9.80 Å². The fourth-order valence-electron chi connectivity index (χ4n) is 12.6. The third-order valence-electron chi connectivity index (χ3n) is 15.3. The lowest BCUT2D eigenvalue weighted by Gasteiger charge is -2.34. The number of fused-ring (bicyclic) bond motifs is 13. The fourth-order valence-corrected chi connectivity index (χ4v) is 12.6. The minimum Gasteiger partial charge on any atom is -0.310 e. The third kappa shape index (κ3) is 5.68. The van der Waals surface area contributed by atoms with Crippen LogP contribution in [0.1, 0.15) is 44.5 Å². The topological polar surface area (TPSA) is 6.48 Å². The molecule has 3 aliphatic rings. The fraction of sp³-hybridized carbons (Fsp3) is 0.0294. The van der Waals surface area contributed by atoms with Crippen molar-refractivity contribution < 1.29 is 0 Å². The highest BCUT2D eigenvalue weighted by atomic mass is 15.1. The molecule has 0 amide bonds. The van der Waals surface area contributed by atoms with Crippen LogP contribution >= 0.6 is 0 Å². The van der Waals surface area contributed by atoms with Crippen LogP contribution in [0.2, 0.25) is 0 Å². The Kier molecular flexibility index (Phi) is 9.06. The van der Waals surface area contributed by atoms with Gasteiger partial charge < -0.3 is 9.80 Å². The Hall–Kier alpha value is -8.98. The summed E-state index contributed by atoms with van der Waals surface area (Å²) in [6.45, 7) is 0. The summed E-state index contributed by atoms with van der Waals surface area (Å²) in [5.41, 5.74) is 23.6. The second kappa shape index (κ2) is 15.8. The zero-order valence-electron chi connectivity index (χ0n) is 38.5. The molecule has 1 spiro atoms. The standard InChI is InChI=1S/C68H46N2/c1-6-22-47(23-7-1)67(48-24-8-2-9-25-48)61-35-19-18-34-57(61)60-44-52(40-43-64(60)67)70(51-30-14-5-15-31-51)54-39-42-59-56-33-17-21-37-63(56)68(66(59)46-54)62-36-20-16-32-55(62)58-41-38-53(45-65(58)68)69(49-26-10-3-11-27-49)50-28-12-4-13-29-50/h1-46H. The molecule has 328 valence electrons. The summed E-state index contributed by atoms with van der Waals surface area (Å²) < 4.78 is 0. The number of para-hydroxylation sites is 3. The molecule has 1 atom stereocenters. The lowest BCUT2D eigenvalue weighted by Crippen LogP contribution is -2.28. The minimum absolute atomic E-state index is 0.477. The maximum atomic E-state index is 2.51. The van der Waals surface area contributed by atoms with E-state index in [1.165, 1.54) is 77.9 Å². The van der Waals surface area contributed by atoms with Crippen LogP contribution in [0.4, 0.5) is 34.1 Å². The highest BCUT2D eigenvalue weighted by molar-refractivity contribution is 5.98. The first-order valence-electron chi connectivity index (χ1n) is 24.3.